The van der Waals surface area contributed by atoms with Gasteiger partial charge in [0.15, 0.2) is 0 Å². The third-order valence-electron chi connectivity index (χ3n) is 1.84. The van der Waals surface area contributed by atoms with Gasteiger partial charge >= 0.3 is 5.97 Å². The van der Waals surface area contributed by atoms with Crippen LogP contribution in [0.15, 0.2) is 23.1 Å². The van der Waals surface area contributed by atoms with Gasteiger partial charge in [-0.1, -0.05) is 17.7 Å². The predicted octanol–water partition coefficient (Wildman–Crippen LogP) is 2.30. The van der Waals surface area contributed by atoms with Crippen LogP contribution < -0.4 is 0 Å². The average molecular weight is 196 g/mol. The van der Waals surface area contributed by atoms with E-state index in [2.05, 4.69) is 12.6 Å². The molecule has 0 aromatic heterocycles. The normalized spacial score (nSPS) is 10.0. The van der Waals surface area contributed by atoms with Gasteiger partial charge in [-0.05, 0) is 25.0 Å². The zero-order chi connectivity index (χ0) is 9.84. The molecule has 0 spiro atoms. The smallest absolute Gasteiger partial charge is 0.303 e. The molecule has 0 atom stereocenters. The van der Waals surface area contributed by atoms with Crippen molar-refractivity contribution in [3.8, 4) is 0 Å². The Kier molecular flexibility index (Phi) is 3.37. The van der Waals surface area contributed by atoms with Crippen molar-refractivity contribution in [2.24, 2.45) is 0 Å². The summed E-state index contributed by atoms with van der Waals surface area (Å²) in [5, 5.41) is 8.51. The van der Waals surface area contributed by atoms with Crippen molar-refractivity contribution in [3.63, 3.8) is 0 Å². The summed E-state index contributed by atoms with van der Waals surface area (Å²) in [5.74, 6) is -0.769. The second kappa shape index (κ2) is 4.33. The highest BCUT2D eigenvalue weighted by Gasteiger charge is 2.02. The molecule has 1 aromatic rings. The Morgan fingerprint density at radius 2 is 2.23 bits per heavy atom. The van der Waals surface area contributed by atoms with E-state index in [4.69, 9.17) is 5.11 Å². The van der Waals surface area contributed by atoms with Gasteiger partial charge in [0.2, 0.25) is 0 Å². The van der Waals surface area contributed by atoms with Crippen LogP contribution in [0.2, 0.25) is 0 Å². The molecule has 13 heavy (non-hydrogen) atoms. The van der Waals surface area contributed by atoms with E-state index in [1.54, 1.807) is 0 Å². The van der Waals surface area contributed by atoms with Crippen molar-refractivity contribution in [2.45, 2.75) is 24.7 Å². The van der Waals surface area contributed by atoms with E-state index in [1.807, 2.05) is 25.1 Å². The van der Waals surface area contributed by atoms with E-state index in [0.717, 1.165) is 16.0 Å². The van der Waals surface area contributed by atoms with Crippen LogP contribution in [0, 0.1) is 6.92 Å². The Morgan fingerprint density at radius 3 is 2.85 bits per heavy atom. The van der Waals surface area contributed by atoms with Crippen molar-refractivity contribution >= 4 is 18.6 Å². The van der Waals surface area contributed by atoms with Gasteiger partial charge in [-0.25, -0.2) is 0 Å². The fraction of sp³-hybridized carbons (Fsp3) is 0.300. The summed E-state index contributed by atoms with van der Waals surface area (Å²) in [4.78, 5) is 11.2. The van der Waals surface area contributed by atoms with Crippen LogP contribution in [0.3, 0.4) is 0 Å². The van der Waals surface area contributed by atoms with Crippen LogP contribution in [-0.2, 0) is 11.2 Å². The molecule has 2 nitrogen and oxygen atoms in total. The third-order valence-corrected chi connectivity index (χ3v) is 2.28. The van der Waals surface area contributed by atoms with Crippen LogP contribution in [-0.4, -0.2) is 11.1 Å². The first-order chi connectivity index (χ1) is 6.09. The molecule has 0 saturated heterocycles. The quantitative estimate of drug-likeness (QED) is 0.728. The molecule has 0 radical (unpaired) electrons. The molecule has 0 saturated carbocycles. The summed E-state index contributed by atoms with van der Waals surface area (Å²) in [6.07, 6.45) is 0.715. The number of aliphatic carboxylic acids is 1. The fourth-order valence-electron chi connectivity index (χ4n) is 1.16. The monoisotopic (exact) mass is 196 g/mol. The Bertz CT molecular complexity index is 321. The van der Waals surface area contributed by atoms with Gasteiger partial charge in [0, 0.05) is 11.3 Å². The molecule has 0 bridgehead atoms. The van der Waals surface area contributed by atoms with Crippen LogP contribution in [0.5, 0.6) is 0 Å². The molecule has 0 amide bonds. The lowest BCUT2D eigenvalue weighted by Crippen LogP contribution is -1.98. The number of benzene rings is 1. The van der Waals surface area contributed by atoms with E-state index in [-0.39, 0.29) is 6.42 Å². The van der Waals surface area contributed by atoms with Gasteiger partial charge in [-0.3, -0.25) is 4.79 Å². The van der Waals surface area contributed by atoms with E-state index in [0.29, 0.717) is 6.42 Å². The van der Waals surface area contributed by atoms with Crippen molar-refractivity contribution < 1.29 is 9.90 Å². The number of carboxylic acids is 1. The third kappa shape index (κ3) is 3.11. The zero-order valence-electron chi connectivity index (χ0n) is 7.45. The topological polar surface area (TPSA) is 37.3 Å². The lowest BCUT2D eigenvalue weighted by Gasteiger charge is -2.03. The molecule has 0 heterocycles. The van der Waals surface area contributed by atoms with E-state index in [1.165, 1.54) is 0 Å². The zero-order valence-corrected chi connectivity index (χ0v) is 8.34. The molecule has 0 aliphatic rings. The Balaban J connectivity index is 2.75. The number of carbonyl (C=O) groups is 1. The summed E-state index contributed by atoms with van der Waals surface area (Å²) in [6.45, 7) is 1.98. The Labute approximate surface area is 83.0 Å². The van der Waals surface area contributed by atoms with Crippen molar-refractivity contribution in [2.75, 3.05) is 0 Å². The minimum Gasteiger partial charge on any atom is -0.481 e. The van der Waals surface area contributed by atoms with E-state index < -0.39 is 5.97 Å². The number of aryl methyl sites for hydroxylation is 2. The van der Waals surface area contributed by atoms with Crippen LogP contribution in [0.4, 0.5) is 0 Å². The predicted molar refractivity (Wildman–Crippen MR) is 54.4 cm³/mol. The summed E-state index contributed by atoms with van der Waals surface area (Å²) in [5.41, 5.74) is 2.14. The minimum absolute atomic E-state index is 0.164. The summed E-state index contributed by atoms with van der Waals surface area (Å²) in [6, 6.07) is 5.84. The van der Waals surface area contributed by atoms with Gasteiger partial charge in [0.25, 0.3) is 0 Å². The maximum absolute atomic E-state index is 10.3. The number of hydrogen-bond donors (Lipinski definition) is 2. The largest absolute Gasteiger partial charge is 0.481 e. The highest BCUT2D eigenvalue weighted by Crippen LogP contribution is 2.16. The first-order valence-corrected chi connectivity index (χ1v) is 4.54. The van der Waals surface area contributed by atoms with Crippen molar-refractivity contribution in [1.82, 2.24) is 0 Å². The van der Waals surface area contributed by atoms with Crippen LogP contribution >= 0.6 is 12.6 Å². The molecule has 1 N–H and O–H groups in total. The van der Waals surface area contributed by atoms with Gasteiger partial charge in [0.1, 0.15) is 0 Å². The summed E-state index contributed by atoms with van der Waals surface area (Å²) in [7, 11) is 0. The first kappa shape index (κ1) is 10.1. The number of carboxylic acid groups (broad SMARTS) is 1. The highest BCUT2D eigenvalue weighted by molar-refractivity contribution is 7.80. The lowest BCUT2D eigenvalue weighted by atomic mass is 10.1. The standard InChI is InChI=1S/C10H12O2S/c1-7-2-4-9(13)8(6-7)3-5-10(11)12/h2,4,6,13H,3,5H2,1H3,(H,11,12). The molecule has 3 heteroatoms. The molecule has 1 aromatic carbocycles. The number of hydrogen-bond acceptors (Lipinski definition) is 2. The van der Waals surface area contributed by atoms with E-state index >= 15 is 0 Å². The van der Waals surface area contributed by atoms with Crippen molar-refractivity contribution in [1.29, 1.82) is 0 Å². The van der Waals surface area contributed by atoms with Gasteiger partial charge in [-0.2, -0.15) is 0 Å². The van der Waals surface area contributed by atoms with Gasteiger partial charge < -0.3 is 5.11 Å². The molecule has 0 unspecified atom stereocenters. The molecular formula is C10H12O2S. The Hall–Kier alpha value is -0.960. The van der Waals surface area contributed by atoms with Crippen molar-refractivity contribution in [3.05, 3.63) is 29.3 Å². The molecule has 0 aliphatic carbocycles. The second-order valence-electron chi connectivity index (χ2n) is 3.03. The number of rotatable bonds is 3. The molecule has 70 valence electrons. The fourth-order valence-corrected chi connectivity index (χ4v) is 1.41. The highest BCUT2D eigenvalue weighted by atomic mass is 32.1. The summed E-state index contributed by atoms with van der Waals surface area (Å²) < 4.78 is 0. The SMILES string of the molecule is Cc1ccc(S)c(CCC(=O)O)c1. The van der Waals surface area contributed by atoms with Gasteiger partial charge in [0.05, 0.1) is 0 Å². The van der Waals surface area contributed by atoms with Crippen LogP contribution in [0.1, 0.15) is 17.5 Å². The molecule has 1 rings (SSSR count). The van der Waals surface area contributed by atoms with E-state index in [9.17, 15) is 4.79 Å². The molecule has 0 fully saturated rings. The second-order valence-corrected chi connectivity index (χ2v) is 3.51. The maximum atomic E-state index is 10.3. The first-order valence-electron chi connectivity index (χ1n) is 4.10. The summed E-state index contributed by atoms with van der Waals surface area (Å²) >= 11 is 4.25. The molecular weight excluding hydrogens is 184 g/mol. The Morgan fingerprint density at radius 1 is 1.54 bits per heavy atom. The number of thiol groups is 1. The lowest BCUT2D eigenvalue weighted by molar-refractivity contribution is -0.136. The maximum Gasteiger partial charge on any atom is 0.303 e. The molecule has 0 aliphatic heterocycles. The van der Waals surface area contributed by atoms with Crippen LogP contribution in [0.25, 0.3) is 0 Å². The average Bonchev–Trinajstić information content (AvgIpc) is 2.06. The van der Waals surface area contributed by atoms with Gasteiger partial charge in [-0.15, -0.1) is 12.6 Å². The minimum atomic E-state index is -0.769.